The number of anilines is 3. The molecule has 0 saturated heterocycles. The maximum atomic E-state index is 13.7. The molecule has 0 bridgehead atoms. The number of nitrogens with one attached hydrogen (secondary N) is 2. The van der Waals surface area contributed by atoms with E-state index in [1.165, 1.54) is 24.1 Å². The number of fused-ring (bicyclic) bond motifs is 1. The van der Waals surface area contributed by atoms with Crippen LogP contribution in [0.2, 0.25) is 0 Å². The van der Waals surface area contributed by atoms with Crippen molar-refractivity contribution in [2.45, 2.75) is 32.7 Å². The summed E-state index contributed by atoms with van der Waals surface area (Å²) < 4.78 is 27.3. The monoisotopic (exact) mass is 445 g/mol. The lowest BCUT2D eigenvalue weighted by molar-refractivity contribution is -0.114. The molecule has 4 rings (SSSR count). The first-order chi connectivity index (χ1) is 14.7. The lowest BCUT2D eigenvalue weighted by atomic mass is 10.2. The third-order valence-electron chi connectivity index (χ3n) is 4.67. The number of aromatic nitrogens is 4. The van der Waals surface area contributed by atoms with E-state index in [0.717, 1.165) is 37.1 Å². The van der Waals surface area contributed by atoms with E-state index in [2.05, 4.69) is 37.5 Å². The van der Waals surface area contributed by atoms with Crippen molar-refractivity contribution in [1.82, 2.24) is 24.8 Å². The Balaban J connectivity index is 1.74. The average Bonchev–Trinajstić information content (AvgIpc) is 3.10. The van der Waals surface area contributed by atoms with Crippen LogP contribution in [0.1, 0.15) is 30.2 Å². The van der Waals surface area contributed by atoms with Gasteiger partial charge in [-0.1, -0.05) is 0 Å². The van der Waals surface area contributed by atoms with E-state index in [1.54, 1.807) is 23.6 Å². The summed E-state index contributed by atoms with van der Waals surface area (Å²) in [6.45, 7) is 3.90. The number of hydrogen-bond acceptors (Lipinski definition) is 8. The molecule has 0 fully saturated rings. The Morgan fingerprint density at radius 1 is 1.26 bits per heavy atom. The first-order valence-electron chi connectivity index (χ1n) is 9.62. The molecule has 1 amide bonds. The fraction of sp³-hybridized carbons (Fsp3) is 0.350. The van der Waals surface area contributed by atoms with Gasteiger partial charge in [0.15, 0.2) is 0 Å². The van der Waals surface area contributed by atoms with Gasteiger partial charge in [0, 0.05) is 56.7 Å². The van der Waals surface area contributed by atoms with Gasteiger partial charge >= 0.3 is 5.92 Å². The summed E-state index contributed by atoms with van der Waals surface area (Å²) in [6.07, 6.45) is 3.75. The summed E-state index contributed by atoms with van der Waals surface area (Å²) >= 11 is 1.57. The minimum Gasteiger partial charge on any atom is -0.339 e. The number of alkyl halides is 2. The highest BCUT2D eigenvalue weighted by atomic mass is 32.1. The van der Waals surface area contributed by atoms with E-state index >= 15 is 0 Å². The van der Waals surface area contributed by atoms with E-state index < -0.39 is 11.7 Å². The van der Waals surface area contributed by atoms with Crippen LogP contribution in [-0.4, -0.2) is 44.3 Å². The minimum atomic E-state index is -3.17. The maximum absolute atomic E-state index is 13.7. The zero-order valence-corrected chi connectivity index (χ0v) is 18.1. The molecule has 11 heteroatoms. The second kappa shape index (κ2) is 8.23. The zero-order chi connectivity index (χ0) is 22.2. The van der Waals surface area contributed by atoms with Crippen LogP contribution < -0.4 is 10.6 Å². The van der Waals surface area contributed by atoms with Crippen LogP contribution in [0.4, 0.5) is 26.1 Å². The lowest BCUT2D eigenvalue weighted by Crippen LogP contribution is -2.25. The first kappa shape index (κ1) is 21.2. The molecule has 0 atom stereocenters. The Morgan fingerprint density at radius 2 is 2.06 bits per heavy atom. The first-order valence-corrected chi connectivity index (χ1v) is 10.4. The third-order valence-corrected chi connectivity index (χ3v) is 5.79. The van der Waals surface area contributed by atoms with Crippen LogP contribution in [0.25, 0.3) is 10.6 Å². The Kier molecular flexibility index (Phi) is 5.63. The van der Waals surface area contributed by atoms with E-state index in [0.29, 0.717) is 17.1 Å². The maximum Gasteiger partial charge on any atom is 0.303 e. The van der Waals surface area contributed by atoms with Gasteiger partial charge in [0.05, 0.1) is 16.9 Å². The Bertz CT molecular complexity index is 1130. The van der Waals surface area contributed by atoms with Gasteiger partial charge in [-0.3, -0.25) is 4.79 Å². The fourth-order valence-corrected chi connectivity index (χ4v) is 4.41. The Labute approximate surface area is 181 Å². The van der Waals surface area contributed by atoms with Crippen molar-refractivity contribution < 1.29 is 13.6 Å². The van der Waals surface area contributed by atoms with Gasteiger partial charge in [-0.2, -0.15) is 8.78 Å². The highest BCUT2D eigenvalue weighted by Crippen LogP contribution is 2.37. The molecule has 3 aromatic rings. The largest absolute Gasteiger partial charge is 0.339 e. The van der Waals surface area contributed by atoms with Crippen molar-refractivity contribution in [3.63, 3.8) is 0 Å². The van der Waals surface area contributed by atoms with E-state index in [9.17, 15) is 13.6 Å². The van der Waals surface area contributed by atoms with Gasteiger partial charge in [-0.05, 0) is 13.1 Å². The van der Waals surface area contributed by atoms with Crippen LogP contribution in [0.15, 0.2) is 24.5 Å². The molecule has 3 aromatic heterocycles. The number of rotatable bonds is 5. The SMILES string of the molecule is CC(=O)Nc1cc(Nc2ccnc(C(C)(F)F)n2)c(-c2nc3c(s2)CN(C)CC3)cn1. The number of pyridine rings is 1. The van der Waals surface area contributed by atoms with Gasteiger partial charge in [-0.25, -0.2) is 19.9 Å². The molecular formula is C20H21F2N7OS. The second-order valence-corrected chi connectivity index (χ2v) is 8.54. The molecule has 1 aliphatic heterocycles. The van der Waals surface area contributed by atoms with E-state index in [1.807, 2.05) is 0 Å². The number of carbonyl (C=O) groups excluding carboxylic acids is 1. The van der Waals surface area contributed by atoms with Crippen LogP contribution in [0.5, 0.6) is 0 Å². The molecule has 1 aliphatic rings. The van der Waals surface area contributed by atoms with Gasteiger partial charge in [0.2, 0.25) is 11.7 Å². The van der Waals surface area contributed by atoms with E-state index in [-0.39, 0.29) is 11.7 Å². The molecule has 0 radical (unpaired) electrons. The van der Waals surface area contributed by atoms with Crippen molar-refractivity contribution in [2.24, 2.45) is 0 Å². The number of carbonyl (C=O) groups is 1. The number of nitrogens with zero attached hydrogens (tertiary/aromatic N) is 5. The zero-order valence-electron chi connectivity index (χ0n) is 17.2. The summed E-state index contributed by atoms with van der Waals surface area (Å²) in [4.78, 5) is 31.6. The molecule has 31 heavy (non-hydrogen) atoms. The van der Waals surface area contributed by atoms with Crippen molar-refractivity contribution in [2.75, 3.05) is 24.2 Å². The highest BCUT2D eigenvalue weighted by Gasteiger charge is 2.28. The van der Waals surface area contributed by atoms with Crippen molar-refractivity contribution >= 4 is 34.6 Å². The van der Waals surface area contributed by atoms with Crippen LogP contribution in [0, 0.1) is 0 Å². The van der Waals surface area contributed by atoms with Gasteiger partial charge < -0.3 is 15.5 Å². The summed E-state index contributed by atoms with van der Waals surface area (Å²) in [5.74, 6) is -3.49. The molecule has 0 saturated carbocycles. The predicted octanol–water partition coefficient (Wildman–Crippen LogP) is 3.80. The average molecular weight is 445 g/mol. The van der Waals surface area contributed by atoms with Crippen molar-refractivity contribution in [3.05, 3.63) is 40.9 Å². The van der Waals surface area contributed by atoms with Crippen LogP contribution in [-0.2, 0) is 23.7 Å². The molecule has 0 aliphatic carbocycles. The minimum absolute atomic E-state index is 0.203. The third kappa shape index (κ3) is 4.83. The van der Waals surface area contributed by atoms with Gasteiger partial charge in [0.1, 0.15) is 16.6 Å². The van der Waals surface area contributed by atoms with Crippen LogP contribution >= 0.6 is 11.3 Å². The standard InChI is InChI=1S/C20H21F2N7OS/c1-11(30)25-17-8-14(26-16-4-6-23-19(28-16)20(2,21)22)12(9-24-17)18-27-13-5-7-29(3)10-15(13)31-18/h4,6,8-9H,5,7,10H2,1-3H3,(H2,23,24,25,26,28,30). The Hall–Kier alpha value is -3.05. The smallest absolute Gasteiger partial charge is 0.303 e. The molecule has 0 spiro atoms. The summed E-state index contributed by atoms with van der Waals surface area (Å²) in [6, 6.07) is 3.13. The molecule has 0 aromatic carbocycles. The van der Waals surface area contributed by atoms with Gasteiger partial charge in [0.25, 0.3) is 0 Å². The number of hydrogen-bond donors (Lipinski definition) is 2. The summed E-state index contributed by atoms with van der Waals surface area (Å²) in [5.41, 5.74) is 2.30. The lowest BCUT2D eigenvalue weighted by Gasteiger charge is -2.20. The second-order valence-electron chi connectivity index (χ2n) is 7.45. The molecule has 162 valence electrons. The van der Waals surface area contributed by atoms with E-state index in [4.69, 9.17) is 4.98 Å². The van der Waals surface area contributed by atoms with Crippen molar-refractivity contribution in [3.8, 4) is 10.6 Å². The fourth-order valence-electron chi connectivity index (χ4n) is 3.19. The molecule has 0 unspecified atom stereocenters. The number of halogens is 2. The molecule has 2 N–H and O–H groups in total. The summed E-state index contributed by atoms with van der Waals surface area (Å²) in [5, 5.41) is 6.46. The number of amides is 1. The number of likely N-dealkylation sites (N-methyl/N-ethyl adjacent to an activating group) is 1. The molecule has 4 heterocycles. The van der Waals surface area contributed by atoms with Crippen molar-refractivity contribution in [1.29, 1.82) is 0 Å². The number of thiazole rings is 1. The topological polar surface area (TPSA) is 95.9 Å². The van der Waals surface area contributed by atoms with Crippen LogP contribution in [0.3, 0.4) is 0 Å². The van der Waals surface area contributed by atoms with Gasteiger partial charge in [-0.15, -0.1) is 11.3 Å². The normalized spacial score (nSPS) is 14.2. The Morgan fingerprint density at radius 3 is 2.81 bits per heavy atom. The predicted molar refractivity (Wildman–Crippen MR) is 115 cm³/mol. The highest BCUT2D eigenvalue weighted by molar-refractivity contribution is 7.15. The molecule has 8 nitrogen and oxygen atoms in total. The molecular weight excluding hydrogens is 424 g/mol. The summed E-state index contributed by atoms with van der Waals surface area (Å²) in [7, 11) is 2.06. The quantitative estimate of drug-likeness (QED) is 0.617.